The quantitative estimate of drug-likeness (QED) is 0.103. The topological polar surface area (TPSA) is 123 Å². The van der Waals surface area contributed by atoms with Crippen LogP contribution in [-0.2, 0) is 18.1 Å². The summed E-state index contributed by atoms with van der Waals surface area (Å²) in [5, 5.41) is 0. The average Bonchev–Trinajstić information content (AvgIpc) is 3.04. The van der Waals surface area contributed by atoms with E-state index in [-0.39, 0.29) is 0 Å². The van der Waals surface area contributed by atoms with E-state index >= 15 is 0 Å². The van der Waals surface area contributed by atoms with Gasteiger partial charge in [0.05, 0.1) is 24.4 Å². The maximum Gasteiger partial charge on any atom is 0.404 e. The third kappa shape index (κ3) is 11.4. The second kappa shape index (κ2) is 17.8. The van der Waals surface area contributed by atoms with E-state index in [9.17, 15) is 0 Å². The molecule has 5 rings (SSSR count). The van der Waals surface area contributed by atoms with Gasteiger partial charge in [0.2, 0.25) is 0 Å². The van der Waals surface area contributed by atoms with Crippen LogP contribution in [0.1, 0.15) is 55.4 Å². The van der Waals surface area contributed by atoms with Crippen LogP contribution in [0, 0.1) is 0 Å². The summed E-state index contributed by atoms with van der Waals surface area (Å²) in [5.74, 6) is 1.76. The Morgan fingerprint density at radius 2 is 0.481 bits per heavy atom. The number of para-hydroxylation sites is 4. The van der Waals surface area contributed by atoms with Gasteiger partial charge in [0.25, 0.3) is 0 Å². The summed E-state index contributed by atoms with van der Waals surface area (Å²) in [4.78, 5) is 0. The molecule has 16 heteroatoms. The van der Waals surface area contributed by atoms with Crippen molar-refractivity contribution in [2.45, 2.75) is 79.8 Å². The van der Waals surface area contributed by atoms with Gasteiger partial charge in [0, 0.05) is 0 Å². The summed E-state index contributed by atoms with van der Waals surface area (Å²) >= 11 is 0. The number of benzene rings is 4. The zero-order valence-corrected chi connectivity index (χ0v) is 34.3. The van der Waals surface area contributed by atoms with E-state index in [1.54, 1.807) is 48.5 Å². The van der Waals surface area contributed by atoms with Crippen molar-refractivity contribution in [3.8, 4) is 23.0 Å². The number of hydrogen-bond donors (Lipinski definition) is 0. The highest BCUT2D eigenvalue weighted by Crippen LogP contribution is 2.80. The molecule has 0 aromatic heterocycles. The lowest BCUT2D eigenvalue weighted by atomic mass is 10.3. The Labute approximate surface area is 308 Å². The van der Waals surface area contributed by atoms with Gasteiger partial charge in [-0.3, -0.25) is 18.1 Å². The van der Waals surface area contributed by atoms with Gasteiger partial charge in [0.15, 0.2) is 0 Å². The van der Waals surface area contributed by atoms with E-state index in [1.807, 2.05) is 128 Å². The Morgan fingerprint density at radius 3 is 0.635 bits per heavy atom. The standard InChI is InChI=1S/C36H48N4O8P4/c1-29(2)41-49(45-33-21-13-9-14-22-33)37-50(42-30(3)4,46-34-23-15-10-16-24-34)39-52(44-32(7)8,48-36-27-19-12-20-28-36)40-51(38-49,43-31(5)6)47-35-25-17-11-18-26-35/h9-32H,1-8H3. The molecule has 0 saturated heterocycles. The summed E-state index contributed by atoms with van der Waals surface area (Å²) in [5.41, 5.74) is 0. The molecular formula is C36H48N4O8P4. The number of nitrogens with zero attached hydrogens (tertiary/aromatic N) is 4. The Balaban J connectivity index is 2.01. The van der Waals surface area contributed by atoms with Crippen molar-refractivity contribution in [1.29, 1.82) is 0 Å². The maximum atomic E-state index is 6.81. The molecule has 52 heavy (non-hydrogen) atoms. The molecule has 0 unspecified atom stereocenters. The van der Waals surface area contributed by atoms with Gasteiger partial charge in [-0.05, 0) is 104 Å². The lowest BCUT2D eigenvalue weighted by molar-refractivity contribution is 0.220. The lowest BCUT2D eigenvalue weighted by Gasteiger charge is -2.34. The fourth-order valence-electron chi connectivity index (χ4n) is 4.62. The van der Waals surface area contributed by atoms with Crippen LogP contribution in [-0.4, -0.2) is 24.4 Å². The first kappa shape index (κ1) is 40.0. The van der Waals surface area contributed by atoms with Crippen LogP contribution in [0.3, 0.4) is 0 Å². The van der Waals surface area contributed by atoms with Crippen molar-refractivity contribution in [2.75, 3.05) is 0 Å². The first-order valence-corrected chi connectivity index (χ1v) is 23.2. The van der Waals surface area contributed by atoms with Crippen molar-refractivity contribution in [3.05, 3.63) is 121 Å². The summed E-state index contributed by atoms with van der Waals surface area (Å²) < 4.78 is 75.5. The molecule has 280 valence electrons. The molecule has 0 spiro atoms. The van der Waals surface area contributed by atoms with Crippen LogP contribution < -0.4 is 18.1 Å². The third-order valence-electron chi connectivity index (χ3n) is 6.17. The summed E-state index contributed by atoms with van der Waals surface area (Å²) in [6.07, 6.45) is -1.81. The van der Waals surface area contributed by atoms with Crippen molar-refractivity contribution >= 4 is 30.6 Å². The molecule has 0 fully saturated rings. The van der Waals surface area contributed by atoms with Crippen LogP contribution in [0.25, 0.3) is 0 Å². The van der Waals surface area contributed by atoms with Gasteiger partial charge in [-0.2, -0.15) is 0 Å². The van der Waals surface area contributed by atoms with Crippen LogP contribution in [0.4, 0.5) is 0 Å². The second-order valence-corrected chi connectivity index (χ2v) is 20.9. The minimum Gasteiger partial charge on any atom is -0.422 e. The first-order valence-electron chi connectivity index (χ1n) is 17.1. The van der Waals surface area contributed by atoms with Crippen LogP contribution in [0.15, 0.2) is 139 Å². The smallest absolute Gasteiger partial charge is 0.404 e. The molecule has 0 amide bonds. The van der Waals surface area contributed by atoms with Gasteiger partial charge in [-0.1, -0.05) is 72.8 Å². The summed E-state index contributed by atoms with van der Waals surface area (Å²) in [6.45, 7) is 15.0. The molecule has 0 aliphatic carbocycles. The molecule has 0 bridgehead atoms. The van der Waals surface area contributed by atoms with Crippen molar-refractivity contribution in [2.24, 2.45) is 18.1 Å². The predicted octanol–water partition coefficient (Wildman–Crippen LogP) is 13.8. The first-order chi connectivity index (χ1) is 24.8. The largest absolute Gasteiger partial charge is 0.422 e. The van der Waals surface area contributed by atoms with E-state index in [0.29, 0.717) is 23.0 Å². The van der Waals surface area contributed by atoms with Crippen molar-refractivity contribution in [1.82, 2.24) is 0 Å². The Hall–Kier alpha value is -3.16. The molecule has 1 heterocycles. The van der Waals surface area contributed by atoms with E-state index in [4.69, 9.17) is 54.3 Å². The zero-order valence-electron chi connectivity index (χ0n) is 30.7. The van der Waals surface area contributed by atoms with Crippen LogP contribution >= 0.6 is 30.6 Å². The third-order valence-corrected chi connectivity index (χ3v) is 18.0. The molecule has 0 radical (unpaired) electrons. The fourth-order valence-corrected chi connectivity index (χ4v) is 17.5. The van der Waals surface area contributed by atoms with E-state index in [2.05, 4.69) is 0 Å². The molecule has 0 saturated carbocycles. The highest BCUT2D eigenvalue weighted by Gasteiger charge is 2.47. The monoisotopic (exact) mass is 788 g/mol. The lowest BCUT2D eigenvalue weighted by Crippen LogP contribution is -2.13. The predicted molar refractivity (Wildman–Crippen MR) is 211 cm³/mol. The zero-order chi connectivity index (χ0) is 37.2. The summed E-state index contributed by atoms with van der Waals surface area (Å²) in [6, 6.07) is 36.7. The van der Waals surface area contributed by atoms with Gasteiger partial charge < -0.3 is 18.1 Å². The molecule has 1 aliphatic heterocycles. The minimum absolute atomic E-state index is 0.439. The molecule has 0 atom stereocenters. The fraction of sp³-hybridized carbons (Fsp3) is 0.333. The Kier molecular flexibility index (Phi) is 13.7. The second-order valence-electron chi connectivity index (χ2n) is 12.6. The molecule has 4 aromatic carbocycles. The highest BCUT2D eigenvalue weighted by molar-refractivity contribution is 7.79. The van der Waals surface area contributed by atoms with Gasteiger partial charge >= 0.3 is 30.6 Å². The maximum absolute atomic E-state index is 6.81. The number of rotatable bonds is 16. The van der Waals surface area contributed by atoms with Crippen LogP contribution in [0.5, 0.6) is 23.0 Å². The number of hydrogen-bond acceptors (Lipinski definition) is 12. The average molecular weight is 789 g/mol. The van der Waals surface area contributed by atoms with Gasteiger partial charge in [-0.25, -0.2) is 0 Å². The highest BCUT2D eigenvalue weighted by atomic mass is 31.3. The molecule has 0 N–H and O–H groups in total. The van der Waals surface area contributed by atoms with Gasteiger partial charge in [-0.15, -0.1) is 18.1 Å². The van der Waals surface area contributed by atoms with Gasteiger partial charge in [0.1, 0.15) is 23.0 Å². The van der Waals surface area contributed by atoms with Crippen molar-refractivity contribution < 1.29 is 36.2 Å². The van der Waals surface area contributed by atoms with E-state index in [1.165, 1.54) is 0 Å². The van der Waals surface area contributed by atoms with Crippen LogP contribution in [0.2, 0.25) is 0 Å². The Morgan fingerprint density at radius 1 is 0.308 bits per heavy atom. The van der Waals surface area contributed by atoms with E-state index in [0.717, 1.165) is 0 Å². The van der Waals surface area contributed by atoms with Crippen molar-refractivity contribution in [3.63, 3.8) is 0 Å². The SMILES string of the molecule is CC(C)OP1(Oc2ccccc2)=NP(Oc2ccccc2)(OC(C)C)=NP(Oc2ccccc2)(OC(C)C)=NP(Oc2ccccc2)(OC(C)C)=N1. The molecule has 12 nitrogen and oxygen atoms in total. The Bertz CT molecular complexity index is 1660. The summed E-state index contributed by atoms with van der Waals surface area (Å²) in [7, 11) is -15.9. The molecular weight excluding hydrogens is 740 g/mol. The van der Waals surface area contributed by atoms with E-state index < -0.39 is 55.1 Å². The minimum atomic E-state index is -3.97. The molecule has 1 aliphatic rings. The normalized spacial score (nSPS) is 24.5. The molecule has 4 aromatic rings.